The van der Waals surface area contributed by atoms with Crippen molar-refractivity contribution in [2.75, 3.05) is 0 Å². The molecule has 0 aliphatic rings. The van der Waals surface area contributed by atoms with Crippen LogP contribution in [0.2, 0.25) is 0 Å². The van der Waals surface area contributed by atoms with Gasteiger partial charge in [-0.05, 0) is 88.0 Å². The standard InChI is InChI=1S/C48H32N2/c1-3-12-33(13-4-1)35-22-26-39(27-23-35)49-45-20-9-7-18-41(45)43-32-48-44(31-47(43)49)42-19-8-10-21-46(42)50(48)40-28-24-36(25-29-40)38-17-11-16-37(30-38)34-14-5-2-6-15-34/h1-32H. The van der Waals surface area contributed by atoms with E-state index in [9.17, 15) is 0 Å². The Hall–Kier alpha value is -6.64. The van der Waals surface area contributed by atoms with Crippen molar-refractivity contribution < 1.29 is 0 Å². The number of benzene rings is 8. The maximum absolute atomic E-state index is 2.43. The molecular weight excluding hydrogens is 605 g/mol. The number of hydrogen-bond acceptors (Lipinski definition) is 0. The van der Waals surface area contributed by atoms with Crippen LogP contribution in [0.25, 0.3) is 88.4 Å². The number of nitrogens with zero attached hydrogens (tertiary/aromatic N) is 2. The molecule has 0 amide bonds. The third-order valence-electron chi connectivity index (χ3n) is 10.1. The largest absolute Gasteiger partial charge is 0.309 e. The minimum Gasteiger partial charge on any atom is -0.309 e. The monoisotopic (exact) mass is 636 g/mol. The van der Waals surface area contributed by atoms with Gasteiger partial charge in [0.15, 0.2) is 0 Å². The molecule has 0 atom stereocenters. The summed E-state index contributed by atoms with van der Waals surface area (Å²) in [5.41, 5.74) is 14.5. The lowest BCUT2D eigenvalue weighted by Crippen LogP contribution is -1.95. The van der Waals surface area contributed by atoms with Gasteiger partial charge >= 0.3 is 0 Å². The van der Waals surface area contributed by atoms with E-state index in [1.807, 2.05) is 0 Å². The van der Waals surface area contributed by atoms with Gasteiger partial charge in [0, 0.05) is 32.9 Å². The second-order valence-electron chi connectivity index (χ2n) is 13.0. The lowest BCUT2D eigenvalue weighted by molar-refractivity contribution is 1.17. The third-order valence-corrected chi connectivity index (χ3v) is 10.1. The van der Waals surface area contributed by atoms with Gasteiger partial charge in [0.1, 0.15) is 0 Å². The molecule has 8 aromatic carbocycles. The summed E-state index contributed by atoms with van der Waals surface area (Å²) in [6, 6.07) is 70.4. The van der Waals surface area contributed by atoms with Crippen LogP contribution in [0.4, 0.5) is 0 Å². The zero-order chi connectivity index (χ0) is 33.0. The third kappa shape index (κ3) is 4.57. The quantitative estimate of drug-likeness (QED) is 0.178. The molecule has 0 unspecified atom stereocenters. The van der Waals surface area contributed by atoms with Crippen molar-refractivity contribution in [1.29, 1.82) is 0 Å². The van der Waals surface area contributed by atoms with Crippen LogP contribution >= 0.6 is 0 Å². The van der Waals surface area contributed by atoms with Gasteiger partial charge < -0.3 is 9.13 Å². The summed E-state index contributed by atoms with van der Waals surface area (Å²) in [7, 11) is 0. The van der Waals surface area contributed by atoms with E-state index in [0.29, 0.717) is 0 Å². The van der Waals surface area contributed by atoms with Crippen LogP contribution in [0.1, 0.15) is 0 Å². The van der Waals surface area contributed by atoms with Crippen molar-refractivity contribution in [1.82, 2.24) is 9.13 Å². The number of fused-ring (bicyclic) bond motifs is 6. The van der Waals surface area contributed by atoms with E-state index in [1.165, 1.54) is 77.0 Å². The number of para-hydroxylation sites is 2. The van der Waals surface area contributed by atoms with Crippen LogP contribution in [-0.4, -0.2) is 9.13 Å². The van der Waals surface area contributed by atoms with Crippen LogP contribution in [-0.2, 0) is 0 Å². The summed E-state index contributed by atoms with van der Waals surface area (Å²) in [6.45, 7) is 0. The fraction of sp³-hybridized carbons (Fsp3) is 0. The van der Waals surface area contributed by atoms with Crippen molar-refractivity contribution >= 4 is 43.6 Å². The van der Waals surface area contributed by atoms with E-state index in [-0.39, 0.29) is 0 Å². The second kappa shape index (κ2) is 11.5. The second-order valence-corrected chi connectivity index (χ2v) is 13.0. The van der Waals surface area contributed by atoms with Crippen LogP contribution in [0.3, 0.4) is 0 Å². The van der Waals surface area contributed by atoms with Crippen molar-refractivity contribution in [3.63, 3.8) is 0 Å². The summed E-state index contributed by atoms with van der Waals surface area (Å²) < 4.78 is 4.85. The minimum absolute atomic E-state index is 1.15. The smallest absolute Gasteiger partial charge is 0.0548 e. The topological polar surface area (TPSA) is 9.86 Å². The van der Waals surface area contributed by atoms with Gasteiger partial charge in [-0.25, -0.2) is 0 Å². The summed E-state index contributed by atoms with van der Waals surface area (Å²) in [5, 5.41) is 5.00. The number of aromatic nitrogens is 2. The average Bonchev–Trinajstić information content (AvgIpc) is 3.70. The molecule has 234 valence electrons. The Labute approximate surface area is 290 Å². The molecule has 50 heavy (non-hydrogen) atoms. The van der Waals surface area contributed by atoms with Crippen LogP contribution < -0.4 is 0 Å². The SMILES string of the molecule is c1ccc(-c2ccc(-n3c4ccccc4c4cc5c(cc43)c3ccccc3n5-c3ccc(-c4cccc(-c5ccccc5)c4)cc3)cc2)cc1. The Morgan fingerprint density at radius 2 is 0.580 bits per heavy atom. The van der Waals surface area contributed by atoms with E-state index < -0.39 is 0 Å². The Kier molecular flexibility index (Phi) is 6.53. The van der Waals surface area contributed by atoms with E-state index in [2.05, 4.69) is 203 Å². The molecule has 2 nitrogen and oxygen atoms in total. The first-order valence-corrected chi connectivity index (χ1v) is 17.2. The first-order chi connectivity index (χ1) is 24.8. The molecule has 2 heteroatoms. The molecule has 0 aliphatic heterocycles. The number of rotatable bonds is 5. The van der Waals surface area contributed by atoms with E-state index in [0.717, 1.165) is 11.4 Å². The first kappa shape index (κ1) is 28.4. The molecule has 0 radical (unpaired) electrons. The maximum atomic E-state index is 2.43. The highest BCUT2D eigenvalue weighted by atomic mass is 15.0. The highest BCUT2D eigenvalue weighted by molar-refractivity contribution is 6.19. The molecule has 0 N–H and O–H groups in total. The lowest BCUT2D eigenvalue weighted by Gasteiger charge is -2.11. The van der Waals surface area contributed by atoms with E-state index >= 15 is 0 Å². The Balaban J connectivity index is 1.13. The summed E-state index contributed by atoms with van der Waals surface area (Å²) in [4.78, 5) is 0. The zero-order valence-corrected chi connectivity index (χ0v) is 27.4. The van der Waals surface area contributed by atoms with Crippen LogP contribution in [0.15, 0.2) is 194 Å². The zero-order valence-electron chi connectivity index (χ0n) is 27.4. The highest BCUT2D eigenvalue weighted by Crippen LogP contribution is 2.40. The minimum atomic E-state index is 1.15. The van der Waals surface area contributed by atoms with Gasteiger partial charge in [0.2, 0.25) is 0 Å². The molecule has 0 aliphatic carbocycles. The molecule has 2 heterocycles. The highest BCUT2D eigenvalue weighted by Gasteiger charge is 2.18. The van der Waals surface area contributed by atoms with Crippen LogP contribution in [0, 0.1) is 0 Å². The molecule has 0 spiro atoms. The fourth-order valence-corrected chi connectivity index (χ4v) is 7.73. The Bertz CT molecular complexity index is 2820. The normalized spacial score (nSPS) is 11.6. The van der Waals surface area contributed by atoms with Crippen molar-refractivity contribution in [3.8, 4) is 44.8 Å². The summed E-state index contributed by atoms with van der Waals surface area (Å²) in [6.07, 6.45) is 0. The van der Waals surface area contributed by atoms with E-state index in [4.69, 9.17) is 0 Å². The van der Waals surface area contributed by atoms with Crippen molar-refractivity contribution in [3.05, 3.63) is 194 Å². The number of hydrogen-bond donors (Lipinski definition) is 0. The molecule has 10 rings (SSSR count). The first-order valence-electron chi connectivity index (χ1n) is 17.2. The van der Waals surface area contributed by atoms with Gasteiger partial charge in [-0.3, -0.25) is 0 Å². The fourth-order valence-electron chi connectivity index (χ4n) is 7.73. The molecule has 0 fully saturated rings. The van der Waals surface area contributed by atoms with Gasteiger partial charge in [-0.1, -0.05) is 140 Å². The summed E-state index contributed by atoms with van der Waals surface area (Å²) >= 11 is 0. The lowest BCUT2D eigenvalue weighted by atomic mass is 9.99. The average molecular weight is 637 g/mol. The summed E-state index contributed by atoms with van der Waals surface area (Å²) in [5.74, 6) is 0. The van der Waals surface area contributed by atoms with Crippen LogP contribution in [0.5, 0.6) is 0 Å². The Morgan fingerprint density at radius 3 is 1.06 bits per heavy atom. The molecule has 0 saturated carbocycles. The van der Waals surface area contributed by atoms with Gasteiger partial charge in [0.05, 0.1) is 22.1 Å². The Morgan fingerprint density at radius 1 is 0.220 bits per heavy atom. The molecule has 10 aromatic rings. The van der Waals surface area contributed by atoms with Crippen molar-refractivity contribution in [2.45, 2.75) is 0 Å². The van der Waals surface area contributed by atoms with Gasteiger partial charge in [-0.15, -0.1) is 0 Å². The predicted molar refractivity (Wildman–Crippen MR) is 211 cm³/mol. The van der Waals surface area contributed by atoms with Gasteiger partial charge in [0.25, 0.3) is 0 Å². The van der Waals surface area contributed by atoms with Crippen molar-refractivity contribution in [2.24, 2.45) is 0 Å². The molecular formula is C48H32N2. The maximum Gasteiger partial charge on any atom is 0.0548 e. The molecule has 0 saturated heterocycles. The predicted octanol–water partition coefficient (Wildman–Crippen LogP) is 12.9. The molecule has 0 bridgehead atoms. The van der Waals surface area contributed by atoms with Gasteiger partial charge in [-0.2, -0.15) is 0 Å². The molecule has 2 aromatic heterocycles. The van der Waals surface area contributed by atoms with E-state index in [1.54, 1.807) is 0 Å².